The number of hydrogen-bond donors (Lipinski definition) is 1. The molecular weight excluding hydrogens is 454 g/mol. The molecule has 1 aliphatic carbocycles. The maximum absolute atomic E-state index is 13.3. The van der Waals surface area contributed by atoms with Gasteiger partial charge in [-0.25, -0.2) is 4.98 Å². The lowest BCUT2D eigenvalue weighted by atomic mass is 10.1. The van der Waals surface area contributed by atoms with Gasteiger partial charge in [0.2, 0.25) is 5.91 Å². The summed E-state index contributed by atoms with van der Waals surface area (Å²) < 4.78 is 7.72. The molecule has 1 aliphatic rings. The van der Waals surface area contributed by atoms with Gasteiger partial charge in [0.1, 0.15) is 10.4 Å². The number of para-hydroxylation sites is 1. The summed E-state index contributed by atoms with van der Waals surface area (Å²) in [6, 6.07) is 17.7. The Hall–Kier alpha value is -3.10. The number of rotatable bonds is 7. The van der Waals surface area contributed by atoms with E-state index in [1.54, 1.807) is 11.7 Å². The van der Waals surface area contributed by atoms with Gasteiger partial charge in [0.05, 0.1) is 31.0 Å². The maximum atomic E-state index is 13.3. The van der Waals surface area contributed by atoms with Crippen LogP contribution in [-0.4, -0.2) is 28.3 Å². The maximum Gasteiger partial charge on any atom is 0.272 e. The van der Waals surface area contributed by atoms with Gasteiger partial charge < -0.3 is 10.1 Å². The molecule has 6 nitrogen and oxygen atoms in total. The number of benzene rings is 2. The van der Waals surface area contributed by atoms with Crippen molar-refractivity contribution in [3.63, 3.8) is 0 Å². The lowest BCUT2D eigenvalue weighted by molar-refractivity contribution is -0.119. The summed E-state index contributed by atoms with van der Waals surface area (Å²) in [5, 5.41) is 5.54. The van der Waals surface area contributed by atoms with E-state index in [2.05, 4.69) is 17.4 Å². The van der Waals surface area contributed by atoms with Gasteiger partial charge in [-0.15, -0.1) is 11.3 Å². The van der Waals surface area contributed by atoms with Gasteiger partial charge in [-0.05, 0) is 41.5 Å². The van der Waals surface area contributed by atoms with Gasteiger partial charge in [-0.1, -0.05) is 54.2 Å². The zero-order valence-electron chi connectivity index (χ0n) is 18.1. The number of amides is 1. The molecule has 2 aromatic carbocycles. The second kappa shape index (κ2) is 9.41. The second-order valence-electron chi connectivity index (χ2n) is 7.88. The van der Waals surface area contributed by atoms with Gasteiger partial charge in [0, 0.05) is 5.56 Å². The predicted molar refractivity (Wildman–Crippen MR) is 132 cm³/mol. The molecule has 1 atom stereocenters. The van der Waals surface area contributed by atoms with Gasteiger partial charge >= 0.3 is 0 Å². The Bertz CT molecular complexity index is 1380. The minimum absolute atomic E-state index is 0.0392. The van der Waals surface area contributed by atoms with E-state index in [1.807, 2.05) is 47.8 Å². The number of nitrogens with zero attached hydrogens (tertiary/aromatic N) is 2. The van der Waals surface area contributed by atoms with Crippen molar-refractivity contribution in [1.82, 2.24) is 14.9 Å². The smallest absolute Gasteiger partial charge is 0.272 e. The van der Waals surface area contributed by atoms with E-state index in [4.69, 9.17) is 9.72 Å². The van der Waals surface area contributed by atoms with Crippen molar-refractivity contribution >= 4 is 39.2 Å². The van der Waals surface area contributed by atoms with Crippen molar-refractivity contribution in [3.05, 3.63) is 87.0 Å². The van der Waals surface area contributed by atoms with Crippen molar-refractivity contribution in [2.75, 3.05) is 12.9 Å². The van der Waals surface area contributed by atoms with Crippen LogP contribution >= 0.6 is 23.1 Å². The molecule has 4 aromatic rings. The highest BCUT2D eigenvalue weighted by atomic mass is 32.2. The van der Waals surface area contributed by atoms with Crippen LogP contribution in [0.1, 0.15) is 29.2 Å². The van der Waals surface area contributed by atoms with Crippen molar-refractivity contribution in [1.29, 1.82) is 0 Å². The Labute approximate surface area is 199 Å². The zero-order chi connectivity index (χ0) is 22.8. The number of ether oxygens (including phenoxy) is 1. The number of thiophene rings is 1. The molecule has 0 unspecified atom stereocenters. The molecule has 0 bridgehead atoms. The first-order valence-corrected chi connectivity index (χ1v) is 12.6. The first-order chi connectivity index (χ1) is 16.1. The van der Waals surface area contributed by atoms with Crippen LogP contribution in [0.15, 0.2) is 69.9 Å². The number of aryl methyl sites for hydroxylation is 1. The van der Waals surface area contributed by atoms with E-state index in [0.29, 0.717) is 27.7 Å². The first kappa shape index (κ1) is 21.7. The molecule has 1 amide bonds. The Morgan fingerprint density at radius 3 is 2.91 bits per heavy atom. The standard InChI is InChI=1S/C25H23N3O3S2/c1-31-21-9-5-3-7-17(21)14-28-24(30)23-20(12-13-32-23)27-25(28)33-15-22(29)26-19-11-10-16-6-2-4-8-18(16)19/h2-9,12-13,19H,10-11,14-15H2,1H3,(H,26,29)/t19-/m1/s1. The molecule has 2 aromatic heterocycles. The number of methoxy groups -OCH3 is 1. The minimum Gasteiger partial charge on any atom is -0.496 e. The van der Waals surface area contributed by atoms with Crippen LogP contribution in [0.5, 0.6) is 5.75 Å². The Kier molecular flexibility index (Phi) is 6.20. The van der Waals surface area contributed by atoms with E-state index in [1.165, 1.54) is 34.2 Å². The highest BCUT2D eigenvalue weighted by Gasteiger charge is 2.24. The molecule has 8 heteroatoms. The highest BCUT2D eigenvalue weighted by molar-refractivity contribution is 7.99. The summed E-state index contributed by atoms with van der Waals surface area (Å²) in [6.45, 7) is 0.323. The summed E-state index contributed by atoms with van der Waals surface area (Å²) in [4.78, 5) is 30.7. The second-order valence-corrected chi connectivity index (χ2v) is 9.74. The number of aromatic nitrogens is 2. The summed E-state index contributed by atoms with van der Waals surface area (Å²) in [5.41, 5.74) is 3.93. The Morgan fingerprint density at radius 1 is 1.21 bits per heavy atom. The quantitative estimate of drug-likeness (QED) is 0.315. The molecule has 168 valence electrons. The molecule has 0 radical (unpaired) electrons. The molecular formula is C25H23N3O3S2. The predicted octanol–water partition coefficient (Wildman–Crippen LogP) is 4.41. The highest BCUT2D eigenvalue weighted by Crippen LogP contribution is 2.31. The Balaban J connectivity index is 1.38. The van der Waals surface area contributed by atoms with Crippen molar-refractivity contribution in [2.24, 2.45) is 0 Å². The van der Waals surface area contributed by atoms with E-state index in [-0.39, 0.29) is 23.3 Å². The van der Waals surface area contributed by atoms with E-state index >= 15 is 0 Å². The van der Waals surface area contributed by atoms with Crippen LogP contribution in [-0.2, 0) is 17.8 Å². The number of fused-ring (bicyclic) bond motifs is 2. The van der Waals surface area contributed by atoms with Gasteiger partial charge in [0.15, 0.2) is 5.16 Å². The molecule has 0 spiro atoms. The number of thioether (sulfide) groups is 1. The molecule has 5 rings (SSSR count). The first-order valence-electron chi connectivity index (χ1n) is 10.7. The molecule has 0 fully saturated rings. The van der Waals surface area contributed by atoms with Crippen molar-refractivity contribution in [2.45, 2.75) is 30.6 Å². The third-order valence-corrected chi connectivity index (χ3v) is 7.72. The fraction of sp³-hybridized carbons (Fsp3) is 0.240. The van der Waals surface area contributed by atoms with E-state index < -0.39 is 0 Å². The summed E-state index contributed by atoms with van der Waals surface area (Å²) >= 11 is 2.67. The molecule has 1 N–H and O–H groups in total. The van der Waals surface area contributed by atoms with Crippen LogP contribution in [0.2, 0.25) is 0 Å². The molecule has 0 saturated carbocycles. The average molecular weight is 478 g/mol. The molecule has 0 aliphatic heterocycles. The lowest BCUT2D eigenvalue weighted by Crippen LogP contribution is -2.29. The summed E-state index contributed by atoms with van der Waals surface area (Å²) in [5.74, 6) is 0.835. The fourth-order valence-electron chi connectivity index (χ4n) is 4.25. The minimum atomic E-state index is -0.103. The third-order valence-electron chi connectivity index (χ3n) is 5.85. The molecule has 0 saturated heterocycles. The number of carbonyl (C=O) groups is 1. The topological polar surface area (TPSA) is 73.2 Å². The zero-order valence-corrected chi connectivity index (χ0v) is 19.7. The van der Waals surface area contributed by atoms with E-state index in [9.17, 15) is 9.59 Å². The van der Waals surface area contributed by atoms with Crippen LogP contribution in [0.3, 0.4) is 0 Å². The third kappa shape index (κ3) is 4.41. The van der Waals surface area contributed by atoms with Gasteiger partial charge in [-0.3, -0.25) is 14.2 Å². The largest absolute Gasteiger partial charge is 0.496 e. The average Bonchev–Trinajstić information content (AvgIpc) is 3.47. The van der Waals surface area contributed by atoms with Crippen molar-refractivity contribution in [3.8, 4) is 5.75 Å². The van der Waals surface area contributed by atoms with Crippen LogP contribution in [0.4, 0.5) is 0 Å². The molecule has 2 heterocycles. The molecule has 33 heavy (non-hydrogen) atoms. The van der Waals surface area contributed by atoms with Crippen LogP contribution < -0.4 is 15.6 Å². The monoisotopic (exact) mass is 477 g/mol. The fourth-order valence-corrected chi connectivity index (χ4v) is 5.84. The normalized spacial score (nSPS) is 14.9. The summed E-state index contributed by atoms with van der Waals surface area (Å²) in [7, 11) is 1.61. The summed E-state index contributed by atoms with van der Waals surface area (Å²) in [6.07, 6.45) is 1.89. The lowest BCUT2D eigenvalue weighted by Gasteiger charge is -2.16. The van der Waals surface area contributed by atoms with Gasteiger partial charge in [-0.2, -0.15) is 0 Å². The van der Waals surface area contributed by atoms with Gasteiger partial charge in [0.25, 0.3) is 5.56 Å². The van der Waals surface area contributed by atoms with E-state index in [0.717, 1.165) is 18.4 Å². The number of hydrogen-bond acceptors (Lipinski definition) is 6. The Morgan fingerprint density at radius 2 is 2.03 bits per heavy atom. The van der Waals surface area contributed by atoms with Crippen LogP contribution in [0, 0.1) is 0 Å². The number of nitrogens with one attached hydrogen (secondary N) is 1. The van der Waals surface area contributed by atoms with Crippen LogP contribution in [0.25, 0.3) is 10.2 Å². The number of carbonyl (C=O) groups excluding carboxylic acids is 1. The van der Waals surface area contributed by atoms with Crippen molar-refractivity contribution < 1.29 is 9.53 Å². The SMILES string of the molecule is COc1ccccc1Cn1c(SCC(=O)N[C@@H]2CCc3ccccc32)nc2ccsc2c1=O.